The lowest BCUT2D eigenvalue weighted by Gasteiger charge is -2.33. The van der Waals surface area contributed by atoms with Crippen molar-refractivity contribution >= 4 is 11.9 Å². The third-order valence-electron chi connectivity index (χ3n) is 4.36. The van der Waals surface area contributed by atoms with E-state index in [1.807, 2.05) is 33.0 Å². The molecule has 0 N–H and O–H groups in total. The highest BCUT2D eigenvalue weighted by atomic mass is 16.6. The number of hydrogen-bond acceptors (Lipinski definition) is 4. The Balaban J connectivity index is 2.18. The summed E-state index contributed by atoms with van der Waals surface area (Å²) in [4.78, 5) is 21.2. The highest BCUT2D eigenvalue weighted by Crippen LogP contribution is 2.30. The van der Waals surface area contributed by atoms with Gasteiger partial charge in [0.1, 0.15) is 11.4 Å². The van der Waals surface area contributed by atoms with E-state index in [2.05, 4.69) is 36.8 Å². The molecule has 5 nitrogen and oxygen atoms in total. The number of carbonyl (C=O) groups excluding carboxylic acids is 1. The summed E-state index contributed by atoms with van der Waals surface area (Å²) >= 11 is 0. The number of amides is 1. The summed E-state index contributed by atoms with van der Waals surface area (Å²) in [6, 6.07) is 4.48. The minimum atomic E-state index is -0.517. The van der Waals surface area contributed by atoms with Crippen molar-refractivity contribution in [3.05, 3.63) is 23.9 Å². The molecule has 0 saturated carbocycles. The predicted molar refractivity (Wildman–Crippen MR) is 102 cm³/mol. The number of nitrogens with zero attached hydrogens (tertiary/aromatic N) is 3. The lowest BCUT2D eigenvalue weighted by atomic mass is 9.97. The fourth-order valence-electron chi connectivity index (χ4n) is 3.19. The number of rotatable bonds is 4. The standard InChI is InChI=1S/C20H33N3O2/c1-15(2)14-23(19(24)25-20(3,4)5)18-11-10-16(13-21-18)17-9-7-8-12-22(17)6/h10-11,13,15,17H,7-9,12,14H2,1-6H3. The molecule has 1 amide bonds. The first-order valence-corrected chi connectivity index (χ1v) is 9.34. The molecule has 5 heteroatoms. The minimum Gasteiger partial charge on any atom is -0.443 e. The van der Waals surface area contributed by atoms with Gasteiger partial charge in [-0.15, -0.1) is 0 Å². The second-order valence-corrected chi connectivity index (χ2v) is 8.43. The van der Waals surface area contributed by atoms with Crippen molar-refractivity contribution in [2.24, 2.45) is 5.92 Å². The zero-order chi connectivity index (χ0) is 18.6. The summed E-state index contributed by atoms with van der Waals surface area (Å²) in [7, 11) is 2.17. The van der Waals surface area contributed by atoms with Crippen molar-refractivity contribution < 1.29 is 9.53 Å². The largest absolute Gasteiger partial charge is 0.443 e. The summed E-state index contributed by atoms with van der Waals surface area (Å²) in [5.74, 6) is 0.989. The number of ether oxygens (including phenoxy) is 1. The van der Waals surface area contributed by atoms with Crippen LogP contribution < -0.4 is 4.90 Å². The van der Waals surface area contributed by atoms with Crippen LogP contribution in [0, 0.1) is 5.92 Å². The molecule has 0 spiro atoms. The highest BCUT2D eigenvalue weighted by molar-refractivity contribution is 5.86. The Morgan fingerprint density at radius 2 is 2.08 bits per heavy atom. The quantitative estimate of drug-likeness (QED) is 0.796. The number of aromatic nitrogens is 1. The van der Waals surface area contributed by atoms with E-state index in [1.54, 1.807) is 4.90 Å². The van der Waals surface area contributed by atoms with Gasteiger partial charge in [0.2, 0.25) is 0 Å². The molecule has 1 unspecified atom stereocenters. The Hall–Kier alpha value is -1.62. The molecule has 1 saturated heterocycles. The van der Waals surface area contributed by atoms with Crippen LogP contribution in [0.15, 0.2) is 18.3 Å². The molecule has 1 atom stereocenters. The Morgan fingerprint density at radius 3 is 2.60 bits per heavy atom. The molecule has 1 aromatic rings. The Labute approximate surface area is 152 Å². The third kappa shape index (κ3) is 5.70. The van der Waals surface area contributed by atoms with Gasteiger partial charge in [-0.1, -0.05) is 26.3 Å². The number of pyridine rings is 1. The molecule has 25 heavy (non-hydrogen) atoms. The molecule has 1 aliphatic rings. The van der Waals surface area contributed by atoms with Crippen molar-refractivity contribution in [3.8, 4) is 0 Å². The zero-order valence-corrected chi connectivity index (χ0v) is 16.6. The first-order chi connectivity index (χ1) is 11.7. The molecule has 0 aliphatic carbocycles. The summed E-state index contributed by atoms with van der Waals surface area (Å²) in [5.41, 5.74) is 0.705. The first kappa shape index (κ1) is 19.7. The summed E-state index contributed by atoms with van der Waals surface area (Å²) in [5, 5.41) is 0. The molecule has 0 bridgehead atoms. The molecule has 1 fully saturated rings. The summed E-state index contributed by atoms with van der Waals surface area (Å²) in [6.07, 6.45) is 5.27. The van der Waals surface area contributed by atoms with Crippen LogP contribution in [0.25, 0.3) is 0 Å². The van der Waals surface area contributed by atoms with Crippen molar-refractivity contribution in [2.75, 3.05) is 25.0 Å². The monoisotopic (exact) mass is 347 g/mol. The van der Waals surface area contributed by atoms with Crippen LogP contribution in [-0.2, 0) is 4.74 Å². The number of likely N-dealkylation sites (tertiary alicyclic amines) is 1. The van der Waals surface area contributed by atoms with Crippen molar-refractivity contribution in [1.29, 1.82) is 0 Å². The van der Waals surface area contributed by atoms with E-state index in [1.165, 1.54) is 24.8 Å². The van der Waals surface area contributed by atoms with Gasteiger partial charge in [0, 0.05) is 18.8 Å². The van der Waals surface area contributed by atoms with Crippen LogP contribution in [0.1, 0.15) is 65.5 Å². The lowest BCUT2D eigenvalue weighted by molar-refractivity contribution is 0.0575. The van der Waals surface area contributed by atoms with Crippen LogP contribution in [0.5, 0.6) is 0 Å². The Morgan fingerprint density at radius 1 is 1.36 bits per heavy atom. The van der Waals surface area contributed by atoms with Gasteiger partial charge in [-0.2, -0.15) is 0 Å². The molecule has 140 valence electrons. The van der Waals surface area contributed by atoms with E-state index in [0.29, 0.717) is 24.3 Å². The maximum absolute atomic E-state index is 12.6. The van der Waals surface area contributed by atoms with Gasteiger partial charge in [-0.3, -0.25) is 9.80 Å². The molecular weight excluding hydrogens is 314 g/mol. The van der Waals surface area contributed by atoms with E-state index < -0.39 is 5.60 Å². The van der Waals surface area contributed by atoms with Crippen molar-refractivity contribution in [2.45, 2.75) is 65.5 Å². The van der Waals surface area contributed by atoms with Crippen LogP contribution in [0.3, 0.4) is 0 Å². The maximum atomic E-state index is 12.6. The van der Waals surface area contributed by atoms with E-state index in [4.69, 9.17) is 4.74 Å². The normalized spacial score (nSPS) is 19.1. The fourth-order valence-corrected chi connectivity index (χ4v) is 3.19. The molecular formula is C20H33N3O2. The summed E-state index contributed by atoms with van der Waals surface area (Å²) < 4.78 is 5.56. The average Bonchev–Trinajstić information content (AvgIpc) is 2.51. The van der Waals surface area contributed by atoms with Gasteiger partial charge >= 0.3 is 6.09 Å². The van der Waals surface area contributed by atoms with E-state index in [9.17, 15) is 4.79 Å². The van der Waals surface area contributed by atoms with E-state index in [-0.39, 0.29) is 6.09 Å². The fraction of sp³-hybridized carbons (Fsp3) is 0.700. The highest BCUT2D eigenvalue weighted by Gasteiger charge is 2.26. The molecule has 2 heterocycles. The predicted octanol–water partition coefficient (Wildman–Crippen LogP) is 4.64. The zero-order valence-electron chi connectivity index (χ0n) is 16.6. The van der Waals surface area contributed by atoms with Crippen molar-refractivity contribution in [3.63, 3.8) is 0 Å². The van der Waals surface area contributed by atoms with Gasteiger partial charge in [0.25, 0.3) is 0 Å². The average molecular weight is 348 g/mol. The third-order valence-corrected chi connectivity index (χ3v) is 4.36. The van der Waals surface area contributed by atoms with Crippen molar-refractivity contribution in [1.82, 2.24) is 9.88 Å². The number of carbonyl (C=O) groups is 1. The number of piperidine rings is 1. The SMILES string of the molecule is CC(C)CN(C(=O)OC(C)(C)C)c1ccc(C2CCCCN2C)cn1. The minimum absolute atomic E-state index is 0.332. The van der Waals surface area contributed by atoms with Crippen LogP contribution >= 0.6 is 0 Å². The topological polar surface area (TPSA) is 45.7 Å². The van der Waals surface area contributed by atoms with Crippen LogP contribution in [0.2, 0.25) is 0 Å². The van der Waals surface area contributed by atoms with Gasteiger partial charge in [0.15, 0.2) is 0 Å². The second kappa shape index (κ2) is 8.17. The number of hydrogen-bond donors (Lipinski definition) is 0. The maximum Gasteiger partial charge on any atom is 0.416 e. The summed E-state index contributed by atoms with van der Waals surface area (Å²) in [6.45, 7) is 11.5. The van der Waals surface area contributed by atoms with Gasteiger partial charge in [0.05, 0.1) is 0 Å². The number of anilines is 1. The molecule has 0 aromatic carbocycles. The Bertz CT molecular complexity index is 563. The smallest absolute Gasteiger partial charge is 0.416 e. The van der Waals surface area contributed by atoms with Gasteiger partial charge in [-0.25, -0.2) is 9.78 Å². The van der Waals surface area contributed by atoms with Crippen LogP contribution in [0.4, 0.5) is 10.6 Å². The van der Waals surface area contributed by atoms with Gasteiger partial charge < -0.3 is 4.74 Å². The van der Waals surface area contributed by atoms with E-state index in [0.717, 1.165) is 6.54 Å². The first-order valence-electron chi connectivity index (χ1n) is 9.34. The van der Waals surface area contributed by atoms with E-state index >= 15 is 0 Å². The molecule has 1 aromatic heterocycles. The molecule has 2 rings (SSSR count). The van der Waals surface area contributed by atoms with Crippen LogP contribution in [-0.4, -0.2) is 41.7 Å². The Kier molecular flexibility index (Phi) is 6.44. The molecule has 1 aliphatic heterocycles. The molecule has 0 radical (unpaired) electrons. The van der Waals surface area contributed by atoms with Gasteiger partial charge in [-0.05, 0) is 64.8 Å². The lowest BCUT2D eigenvalue weighted by Crippen LogP contribution is -2.39. The second-order valence-electron chi connectivity index (χ2n) is 8.43.